The van der Waals surface area contributed by atoms with Crippen molar-refractivity contribution in [1.82, 2.24) is 15.1 Å². The summed E-state index contributed by atoms with van der Waals surface area (Å²) in [6, 6.07) is -0.0525. The second kappa shape index (κ2) is 4.93. The third-order valence-electron chi connectivity index (χ3n) is 4.95. The van der Waals surface area contributed by atoms with Crippen molar-refractivity contribution in [3.05, 3.63) is 11.8 Å². The summed E-state index contributed by atoms with van der Waals surface area (Å²) in [5.41, 5.74) is 0.518. The lowest BCUT2D eigenvalue weighted by molar-refractivity contribution is -0.0448. The monoisotopic (exact) mass is 310 g/mol. The number of alkyl halides is 2. The molecule has 3 aliphatic rings. The highest BCUT2D eigenvalue weighted by atomic mass is 19.3. The largest absolute Gasteiger partial charge is 0.350 e. The van der Waals surface area contributed by atoms with Gasteiger partial charge in [-0.25, -0.2) is 13.5 Å². The fraction of sp³-hybridized carbons (Fsp3) is 0.733. The summed E-state index contributed by atoms with van der Waals surface area (Å²) in [5, 5.41) is 10.6. The molecule has 0 saturated heterocycles. The molecular weight excluding hydrogens is 290 g/mol. The van der Waals surface area contributed by atoms with E-state index in [9.17, 15) is 13.6 Å². The molecular formula is C15H20F2N4O. The van der Waals surface area contributed by atoms with Gasteiger partial charge in [0.05, 0.1) is 12.2 Å². The average molecular weight is 310 g/mol. The SMILES string of the molecule is O=C1NC(CC2CC2)Nc2c1cnn2C1CCC(F)(F)CC1. The Bertz CT molecular complexity index is 586. The number of hydrogen-bond donors (Lipinski definition) is 2. The molecule has 2 heterocycles. The third kappa shape index (κ3) is 2.57. The van der Waals surface area contributed by atoms with Crippen LogP contribution in [-0.2, 0) is 0 Å². The normalized spacial score (nSPS) is 27.9. The number of nitrogens with one attached hydrogen (secondary N) is 2. The summed E-state index contributed by atoms with van der Waals surface area (Å²) >= 11 is 0. The number of amides is 1. The molecule has 22 heavy (non-hydrogen) atoms. The fourth-order valence-electron chi connectivity index (χ4n) is 3.46. The van der Waals surface area contributed by atoms with Gasteiger partial charge in [0.15, 0.2) is 0 Å². The molecule has 0 aromatic carbocycles. The molecule has 4 rings (SSSR count). The van der Waals surface area contributed by atoms with Crippen molar-refractivity contribution in [3.63, 3.8) is 0 Å². The minimum absolute atomic E-state index is 0.0525. The molecule has 2 fully saturated rings. The van der Waals surface area contributed by atoms with Crippen molar-refractivity contribution < 1.29 is 13.6 Å². The molecule has 1 aromatic heterocycles. The van der Waals surface area contributed by atoms with E-state index in [0.717, 1.165) is 6.42 Å². The first-order chi connectivity index (χ1) is 10.5. The van der Waals surface area contributed by atoms with Gasteiger partial charge in [-0.3, -0.25) is 4.79 Å². The first kappa shape index (κ1) is 14.0. The van der Waals surface area contributed by atoms with Gasteiger partial charge < -0.3 is 10.6 Å². The molecule has 0 radical (unpaired) electrons. The first-order valence-electron chi connectivity index (χ1n) is 8.04. The number of rotatable bonds is 3. The van der Waals surface area contributed by atoms with Gasteiger partial charge in [0.1, 0.15) is 17.5 Å². The van der Waals surface area contributed by atoms with Crippen molar-refractivity contribution in [2.24, 2.45) is 5.92 Å². The highest BCUT2D eigenvalue weighted by Crippen LogP contribution is 2.40. The number of carbonyl (C=O) groups excluding carboxylic acids is 1. The zero-order valence-electron chi connectivity index (χ0n) is 12.3. The minimum Gasteiger partial charge on any atom is -0.350 e. The number of carbonyl (C=O) groups is 1. The molecule has 7 heteroatoms. The van der Waals surface area contributed by atoms with E-state index in [4.69, 9.17) is 0 Å². The smallest absolute Gasteiger partial charge is 0.258 e. The van der Waals surface area contributed by atoms with Gasteiger partial charge in [-0.2, -0.15) is 5.10 Å². The lowest BCUT2D eigenvalue weighted by Gasteiger charge is -2.32. The van der Waals surface area contributed by atoms with Gasteiger partial charge in [-0.15, -0.1) is 0 Å². The van der Waals surface area contributed by atoms with Crippen molar-refractivity contribution in [2.75, 3.05) is 5.32 Å². The summed E-state index contributed by atoms with van der Waals surface area (Å²) in [5.74, 6) is -1.29. The van der Waals surface area contributed by atoms with Crippen molar-refractivity contribution in [3.8, 4) is 0 Å². The van der Waals surface area contributed by atoms with E-state index >= 15 is 0 Å². The van der Waals surface area contributed by atoms with E-state index in [1.807, 2.05) is 0 Å². The molecule has 2 aliphatic carbocycles. The van der Waals surface area contributed by atoms with Crippen LogP contribution in [0.1, 0.15) is 61.3 Å². The molecule has 0 spiro atoms. The van der Waals surface area contributed by atoms with Crippen LogP contribution in [0.25, 0.3) is 0 Å². The van der Waals surface area contributed by atoms with Crippen LogP contribution in [0.5, 0.6) is 0 Å². The van der Waals surface area contributed by atoms with E-state index in [2.05, 4.69) is 15.7 Å². The van der Waals surface area contributed by atoms with Crippen molar-refractivity contribution in [2.45, 2.75) is 63.1 Å². The topological polar surface area (TPSA) is 59.0 Å². The van der Waals surface area contributed by atoms with Crippen LogP contribution in [0.15, 0.2) is 6.20 Å². The maximum Gasteiger partial charge on any atom is 0.258 e. The van der Waals surface area contributed by atoms with E-state index in [1.165, 1.54) is 19.0 Å². The Hall–Kier alpha value is -1.66. The zero-order valence-corrected chi connectivity index (χ0v) is 12.3. The molecule has 1 aliphatic heterocycles. The Kier molecular flexibility index (Phi) is 3.13. The molecule has 5 nitrogen and oxygen atoms in total. The van der Waals surface area contributed by atoms with Gasteiger partial charge in [0.2, 0.25) is 5.92 Å². The van der Waals surface area contributed by atoms with E-state index in [1.54, 1.807) is 4.68 Å². The average Bonchev–Trinajstić information content (AvgIpc) is 3.16. The zero-order chi connectivity index (χ0) is 15.3. The second-order valence-corrected chi connectivity index (χ2v) is 6.79. The van der Waals surface area contributed by atoms with Gasteiger partial charge in [-0.05, 0) is 25.2 Å². The Morgan fingerprint density at radius 1 is 1.23 bits per heavy atom. The third-order valence-corrected chi connectivity index (χ3v) is 4.95. The van der Waals surface area contributed by atoms with Gasteiger partial charge >= 0.3 is 0 Å². The summed E-state index contributed by atoms with van der Waals surface area (Å²) in [4.78, 5) is 12.2. The van der Waals surface area contributed by atoms with Crippen LogP contribution in [-0.4, -0.2) is 27.8 Å². The molecule has 2 N–H and O–H groups in total. The number of halogens is 2. The van der Waals surface area contributed by atoms with Crippen LogP contribution < -0.4 is 10.6 Å². The Balaban J connectivity index is 1.54. The number of hydrogen-bond acceptors (Lipinski definition) is 3. The predicted octanol–water partition coefficient (Wildman–Crippen LogP) is 2.92. The highest BCUT2D eigenvalue weighted by Gasteiger charge is 2.38. The van der Waals surface area contributed by atoms with E-state index < -0.39 is 5.92 Å². The summed E-state index contributed by atoms with van der Waals surface area (Å²) in [6.07, 6.45) is 5.41. The second-order valence-electron chi connectivity index (χ2n) is 6.79. The van der Waals surface area contributed by atoms with Crippen LogP contribution in [0.4, 0.5) is 14.6 Å². The molecule has 0 bridgehead atoms. The van der Waals surface area contributed by atoms with Crippen molar-refractivity contribution >= 4 is 11.7 Å². The quantitative estimate of drug-likeness (QED) is 0.902. The highest BCUT2D eigenvalue weighted by molar-refractivity contribution is 6.00. The fourth-order valence-corrected chi connectivity index (χ4v) is 3.46. The van der Waals surface area contributed by atoms with Crippen LogP contribution in [0.2, 0.25) is 0 Å². The molecule has 1 atom stereocenters. The van der Waals surface area contributed by atoms with E-state index in [-0.39, 0.29) is 31.0 Å². The first-order valence-corrected chi connectivity index (χ1v) is 8.04. The standard InChI is InChI=1S/C15H20F2N4O/c16-15(17)5-3-10(4-6-15)21-13-11(8-18-21)14(22)20-12(19-13)7-9-1-2-9/h8-10,12,19H,1-7H2,(H,20,22). The van der Waals surface area contributed by atoms with Crippen LogP contribution in [0, 0.1) is 5.92 Å². The lowest BCUT2D eigenvalue weighted by Crippen LogP contribution is -2.45. The Morgan fingerprint density at radius 3 is 2.64 bits per heavy atom. The maximum atomic E-state index is 13.3. The predicted molar refractivity (Wildman–Crippen MR) is 76.9 cm³/mol. The van der Waals surface area contributed by atoms with Gasteiger partial charge in [-0.1, -0.05) is 12.8 Å². The lowest BCUT2D eigenvalue weighted by atomic mass is 9.92. The van der Waals surface area contributed by atoms with Gasteiger partial charge in [0.25, 0.3) is 5.91 Å². The minimum atomic E-state index is -2.55. The number of nitrogens with zero attached hydrogens (tertiary/aromatic N) is 2. The number of anilines is 1. The summed E-state index contributed by atoms with van der Waals surface area (Å²) in [6.45, 7) is 0. The Labute approximate surface area is 127 Å². The molecule has 2 saturated carbocycles. The molecule has 120 valence electrons. The van der Waals surface area contributed by atoms with Crippen LogP contribution >= 0.6 is 0 Å². The summed E-state index contributed by atoms with van der Waals surface area (Å²) < 4.78 is 28.4. The molecule has 1 amide bonds. The number of aromatic nitrogens is 2. The number of fused-ring (bicyclic) bond motifs is 1. The van der Waals surface area contributed by atoms with E-state index in [0.29, 0.717) is 30.1 Å². The summed E-state index contributed by atoms with van der Waals surface area (Å²) in [7, 11) is 0. The molecule has 1 aromatic rings. The maximum absolute atomic E-state index is 13.3. The van der Waals surface area contributed by atoms with Crippen molar-refractivity contribution in [1.29, 1.82) is 0 Å². The Morgan fingerprint density at radius 2 is 1.95 bits per heavy atom. The van der Waals surface area contributed by atoms with Crippen LogP contribution in [0.3, 0.4) is 0 Å². The van der Waals surface area contributed by atoms with Gasteiger partial charge in [0, 0.05) is 12.8 Å². The molecule has 1 unspecified atom stereocenters.